The van der Waals surface area contributed by atoms with Crippen molar-refractivity contribution in [2.45, 2.75) is 45.5 Å². The number of nitriles is 1. The Kier molecular flexibility index (Phi) is 9.67. The number of carbonyl (C=O) groups is 1. The number of nitrogens with one attached hydrogen (secondary N) is 2. The fraction of sp³-hybridized carbons (Fsp3) is 0.212. The summed E-state index contributed by atoms with van der Waals surface area (Å²) in [4.78, 5) is 19.3. The number of amides is 2. The van der Waals surface area contributed by atoms with E-state index in [4.69, 9.17) is 0 Å². The molecule has 2 heterocycles. The van der Waals surface area contributed by atoms with Crippen LogP contribution in [-0.4, -0.2) is 32.7 Å². The average molecular weight is 646 g/mol. The normalized spacial score (nSPS) is 14.9. The van der Waals surface area contributed by atoms with E-state index in [9.17, 15) is 23.2 Å². The predicted octanol–water partition coefficient (Wildman–Crippen LogP) is 7.66. The van der Waals surface area contributed by atoms with Gasteiger partial charge in [0.25, 0.3) is 0 Å². The zero-order chi connectivity index (χ0) is 32.8. The van der Waals surface area contributed by atoms with Gasteiger partial charge in [0, 0.05) is 23.1 Å². The second-order valence-electron chi connectivity index (χ2n) is 10.4. The van der Waals surface area contributed by atoms with Crippen molar-refractivity contribution >= 4 is 29.1 Å². The second kappa shape index (κ2) is 13.8. The first-order valence-electron chi connectivity index (χ1n) is 14.3. The van der Waals surface area contributed by atoms with Crippen molar-refractivity contribution in [3.63, 3.8) is 0 Å². The van der Waals surface area contributed by atoms with E-state index in [0.717, 1.165) is 29.8 Å². The van der Waals surface area contributed by atoms with E-state index in [1.165, 1.54) is 58.8 Å². The van der Waals surface area contributed by atoms with Gasteiger partial charge in [0.1, 0.15) is 18.1 Å². The van der Waals surface area contributed by atoms with Crippen LogP contribution in [0, 0.1) is 18.3 Å². The van der Waals surface area contributed by atoms with Crippen LogP contribution in [0.3, 0.4) is 0 Å². The number of carbonyl (C=O) groups excluding carboxylic acids is 1. The number of hydrogen-bond donors (Lipinski definition) is 2. The van der Waals surface area contributed by atoms with Gasteiger partial charge in [0.05, 0.1) is 11.3 Å². The minimum Gasteiger partial charge on any atom is -0.406 e. The zero-order valence-corrected chi connectivity index (χ0v) is 26.0. The number of hydrogen-bond acceptors (Lipinski definition) is 7. The summed E-state index contributed by atoms with van der Waals surface area (Å²) in [5.41, 5.74) is 6.05. The zero-order valence-electron chi connectivity index (χ0n) is 25.2. The lowest BCUT2D eigenvalue weighted by Gasteiger charge is -2.30. The van der Waals surface area contributed by atoms with Crippen molar-refractivity contribution in [1.82, 2.24) is 25.4 Å². The maximum Gasteiger partial charge on any atom is 0.573 e. The Hall–Kier alpha value is -5.22. The van der Waals surface area contributed by atoms with Gasteiger partial charge in [-0.1, -0.05) is 61.5 Å². The molecular weight excluding hydrogens is 615 g/mol. The molecule has 13 heteroatoms. The van der Waals surface area contributed by atoms with Gasteiger partial charge >= 0.3 is 12.4 Å². The molecule has 2 amide bonds. The number of halogens is 3. The molecule has 5 rings (SSSR count). The highest BCUT2D eigenvalue weighted by molar-refractivity contribution is 8.03. The van der Waals surface area contributed by atoms with Gasteiger partial charge in [0.2, 0.25) is 0 Å². The number of thioether (sulfide) groups is 1. The molecule has 0 fully saturated rings. The van der Waals surface area contributed by atoms with E-state index in [0.29, 0.717) is 22.6 Å². The quantitative estimate of drug-likeness (QED) is 0.180. The Balaban J connectivity index is 1.23. The summed E-state index contributed by atoms with van der Waals surface area (Å²) >= 11 is 1.50. The molecule has 1 atom stereocenters. The molecule has 46 heavy (non-hydrogen) atoms. The smallest absolute Gasteiger partial charge is 0.406 e. The Morgan fingerprint density at radius 2 is 1.85 bits per heavy atom. The number of aromatic nitrogens is 3. The first kappa shape index (κ1) is 32.2. The molecule has 236 valence electrons. The maximum atomic E-state index is 12.9. The van der Waals surface area contributed by atoms with Gasteiger partial charge < -0.3 is 20.3 Å². The van der Waals surface area contributed by atoms with E-state index in [1.54, 1.807) is 24.3 Å². The Bertz CT molecular complexity index is 1810. The summed E-state index contributed by atoms with van der Waals surface area (Å²) in [6.07, 6.45) is -0.0429. The van der Waals surface area contributed by atoms with Crippen LogP contribution in [0.4, 0.5) is 23.7 Å². The molecule has 0 radical (unpaired) electrons. The topological polar surface area (TPSA) is 108 Å². The number of nitrogens with zero attached hydrogens (tertiary/aromatic N) is 5. The highest BCUT2D eigenvalue weighted by atomic mass is 32.2. The molecular formula is C33H30F3N7O2S. The highest BCUT2D eigenvalue weighted by Gasteiger charge is 2.31. The second-order valence-corrected chi connectivity index (χ2v) is 11.4. The average Bonchev–Trinajstić information content (AvgIpc) is 3.65. The lowest BCUT2D eigenvalue weighted by atomic mass is 10.0. The molecule has 0 bridgehead atoms. The summed E-state index contributed by atoms with van der Waals surface area (Å²) in [6, 6.07) is 20.2. The fourth-order valence-corrected chi connectivity index (χ4v) is 5.87. The Morgan fingerprint density at radius 3 is 2.52 bits per heavy atom. The van der Waals surface area contributed by atoms with Crippen molar-refractivity contribution in [2.24, 2.45) is 0 Å². The highest BCUT2D eigenvalue weighted by Crippen LogP contribution is 2.37. The number of ether oxygens (including phenoxy) is 1. The Labute approximate surface area is 268 Å². The van der Waals surface area contributed by atoms with Crippen molar-refractivity contribution in [1.29, 1.82) is 5.26 Å². The number of anilines is 1. The molecule has 0 saturated heterocycles. The van der Waals surface area contributed by atoms with Crippen LogP contribution < -0.4 is 20.3 Å². The van der Waals surface area contributed by atoms with Gasteiger partial charge in [-0.2, -0.15) is 5.26 Å². The van der Waals surface area contributed by atoms with E-state index >= 15 is 0 Å². The number of allylic oxidation sites excluding steroid dienone is 2. The van der Waals surface area contributed by atoms with Crippen molar-refractivity contribution in [2.75, 3.05) is 4.90 Å². The van der Waals surface area contributed by atoms with Crippen molar-refractivity contribution < 1.29 is 22.7 Å². The van der Waals surface area contributed by atoms with Gasteiger partial charge in [-0.15, -0.1) is 18.3 Å². The predicted molar refractivity (Wildman–Crippen MR) is 172 cm³/mol. The summed E-state index contributed by atoms with van der Waals surface area (Å²) < 4.78 is 42.6. The first-order valence-corrected chi connectivity index (χ1v) is 15.3. The number of aryl methyl sites for hydroxylation is 2. The molecule has 4 aromatic rings. The summed E-state index contributed by atoms with van der Waals surface area (Å²) in [5, 5.41) is 21.9. The van der Waals surface area contributed by atoms with Crippen LogP contribution in [0.25, 0.3) is 22.6 Å². The van der Waals surface area contributed by atoms with E-state index in [1.807, 2.05) is 19.3 Å². The Morgan fingerprint density at radius 1 is 1.11 bits per heavy atom. The van der Waals surface area contributed by atoms with Gasteiger partial charge in [-0.3, -0.25) is 0 Å². The summed E-state index contributed by atoms with van der Waals surface area (Å²) in [5.74, 6) is 0.0376. The minimum absolute atomic E-state index is 0.246. The van der Waals surface area contributed by atoms with Crippen LogP contribution in [0.5, 0.6) is 5.75 Å². The summed E-state index contributed by atoms with van der Waals surface area (Å²) in [6.45, 7) is 6.19. The van der Waals surface area contributed by atoms with Crippen LogP contribution >= 0.6 is 11.8 Å². The molecule has 2 N–H and O–H groups in total. The number of alkyl halides is 3. The lowest BCUT2D eigenvalue weighted by Crippen LogP contribution is -2.46. The number of benzene rings is 3. The molecule has 0 spiro atoms. The van der Waals surface area contributed by atoms with Crippen LogP contribution in [-0.2, 0) is 6.42 Å². The molecule has 1 aromatic heterocycles. The van der Waals surface area contributed by atoms with E-state index in [-0.39, 0.29) is 16.8 Å². The number of urea groups is 1. The first-order chi connectivity index (χ1) is 22.0. The fourth-order valence-electron chi connectivity index (χ4n) is 4.85. The third-order valence-electron chi connectivity index (χ3n) is 7.01. The third-order valence-corrected chi connectivity index (χ3v) is 8.07. The van der Waals surface area contributed by atoms with Crippen LogP contribution in [0.15, 0.2) is 90.4 Å². The van der Waals surface area contributed by atoms with Crippen LogP contribution in [0.2, 0.25) is 0 Å². The van der Waals surface area contributed by atoms with Gasteiger partial charge in [-0.05, 0) is 72.7 Å². The molecule has 0 aliphatic carbocycles. The minimum atomic E-state index is -4.77. The third kappa shape index (κ3) is 7.70. The molecule has 3 aromatic carbocycles. The maximum absolute atomic E-state index is 12.9. The summed E-state index contributed by atoms with van der Waals surface area (Å²) in [7, 11) is 0. The monoisotopic (exact) mass is 645 g/mol. The van der Waals surface area contributed by atoms with E-state index < -0.39 is 12.4 Å². The molecule has 0 saturated carbocycles. The largest absolute Gasteiger partial charge is 0.573 e. The molecule has 1 aliphatic rings. The molecule has 9 nitrogen and oxygen atoms in total. The molecule has 1 aliphatic heterocycles. The van der Waals surface area contributed by atoms with E-state index in [2.05, 4.69) is 61.5 Å². The van der Waals surface area contributed by atoms with Crippen molar-refractivity contribution in [3.05, 3.63) is 107 Å². The van der Waals surface area contributed by atoms with Gasteiger partial charge in [-0.25, -0.2) is 14.5 Å². The standard InChI is InChI=1S/C33H30F3N7O2S/c1-4-5-24-7-6-21(2)16-29(24)43-22(3)19-46-32(43)40-31(44)38-18-26(17-37)23-8-10-25(11-9-23)30-39-20-42(41-30)27-12-14-28(15-13-27)45-33(34,35)36/h6-16,18-20,32H,4-5H2,1-3H3,(H2,38,40,44)/b26-18+. The van der Waals surface area contributed by atoms with Gasteiger partial charge in [0.15, 0.2) is 11.3 Å². The van der Waals surface area contributed by atoms with Crippen LogP contribution in [0.1, 0.15) is 37.0 Å². The van der Waals surface area contributed by atoms with Crippen molar-refractivity contribution in [3.8, 4) is 28.9 Å². The SMILES string of the molecule is CCCc1ccc(C)cc1N1C(C)=CSC1NC(=O)N/C=C(\C#N)c1ccc(-c2ncn(-c3ccc(OC(F)(F)F)cc3)n2)cc1. The molecule has 1 unspecified atom stereocenters. The lowest BCUT2D eigenvalue weighted by molar-refractivity contribution is -0.274. The number of rotatable bonds is 9.